The highest BCUT2D eigenvalue weighted by atomic mass is 16.3. The minimum atomic E-state index is 0.503. The van der Waals surface area contributed by atoms with Gasteiger partial charge >= 0.3 is 0 Å². The SMILES string of the molecule is CC(Nc1ccc(N=O)cc1)C12CC3CC(CC(C3)C1)C2. The number of nitrogens with zero attached hydrogens (tertiary/aromatic N) is 1. The second kappa shape index (κ2) is 4.82. The van der Waals surface area contributed by atoms with Crippen LogP contribution in [0.25, 0.3) is 0 Å². The number of hydrogen-bond acceptors (Lipinski definition) is 3. The maximum atomic E-state index is 10.5. The number of nitrogens with one attached hydrogen (secondary N) is 1. The van der Waals surface area contributed by atoms with Crippen LogP contribution >= 0.6 is 0 Å². The molecule has 0 amide bonds. The van der Waals surface area contributed by atoms with Crippen molar-refractivity contribution in [2.24, 2.45) is 28.3 Å². The number of anilines is 1. The van der Waals surface area contributed by atoms with Crippen molar-refractivity contribution in [3.8, 4) is 0 Å². The molecule has 21 heavy (non-hydrogen) atoms. The predicted octanol–water partition coefficient (Wildman–Crippen LogP) is 5.10. The van der Waals surface area contributed by atoms with Crippen LogP contribution in [-0.2, 0) is 0 Å². The smallest absolute Gasteiger partial charge is 0.108 e. The van der Waals surface area contributed by atoms with Crippen molar-refractivity contribution in [1.82, 2.24) is 0 Å². The van der Waals surface area contributed by atoms with E-state index in [4.69, 9.17) is 0 Å². The molecule has 0 heterocycles. The van der Waals surface area contributed by atoms with Gasteiger partial charge in [0.1, 0.15) is 5.69 Å². The lowest BCUT2D eigenvalue weighted by atomic mass is 9.48. The van der Waals surface area contributed by atoms with Crippen molar-refractivity contribution >= 4 is 11.4 Å². The largest absolute Gasteiger partial charge is 0.382 e. The summed E-state index contributed by atoms with van der Waals surface area (Å²) in [6.45, 7) is 2.36. The summed E-state index contributed by atoms with van der Waals surface area (Å²) >= 11 is 0. The first-order valence-corrected chi connectivity index (χ1v) is 8.37. The van der Waals surface area contributed by atoms with E-state index in [0.29, 0.717) is 17.1 Å². The Labute approximate surface area is 126 Å². The molecule has 4 bridgehead atoms. The van der Waals surface area contributed by atoms with Crippen LogP contribution in [0.3, 0.4) is 0 Å². The van der Waals surface area contributed by atoms with Crippen molar-refractivity contribution in [3.63, 3.8) is 0 Å². The molecule has 4 aliphatic carbocycles. The average Bonchev–Trinajstić information content (AvgIpc) is 2.46. The fourth-order valence-electron chi connectivity index (χ4n) is 5.73. The summed E-state index contributed by atoms with van der Waals surface area (Å²) in [7, 11) is 0. The van der Waals surface area contributed by atoms with Gasteiger partial charge in [0.05, 0.1) is 0 Å². The molecule has 1 unspecified atom stereocenters. The summed E-state index contributed by atoms with van der Waals surface area (Å²) in [5.74, 6) is 2.96. The third-order valence-corrected chi connectivity index (χ3v) is 6.36. The Balaban J connectivity index is 1.51. The fraction of sp³-hybridized carbons (Fsp3) is 0.667. The van der Waals surface area contributed by atoms with E-state index >= 15 is 0 Å². The molecule has 3 heteroatoms. The summed E-state index contributed by atoms with van der Waals surface area (Å²) in [5, 5.41) is 6.67. The van der Waals surface area contributed by atoms with Gasteiger partial charge < -0.3 is 5.32 Å². The van der Waals surface area contributed by atoms with Crippen molar-refractivity contribution in [1.29, 1.82) is 0 Å². The van der Waals surface area contributed by atoms with E-state index in [-0.39, 0.29) is 0 Å². The van der Waals surface area contributed by atoms with Crippen LogP contribution in [0.5, 0.6) is 0 Å². The third-order valence-electron chi connectivity index (χ3n) is 6.36. The quantitative estimate of drug-likeness (QED) is 0.781. The zero-order valence-corrected chi connectivity index (χ0v) is 12.7. The van der Waals surface area contributed by atoms with Gasteiger partial charge in [0.2, 0.25) is 0 Å². The fourth-order valence-corrected chi connectivity index (χ4v) is 5.73. The topological polar surface area (TPSA) is 41.5 Å². The second-order valence-electron chi connectivity index (χ2n) is 7.78. The van der Waals surface area contributed by atoms with Gasteiger partial charge in [-0.25, -0.2) is 0 Å². The van der Waals surface area contributed by atoms with Gasteiger partial charge in [-0.1, -0.05) is 0 Å². The molecule has 4 fully saturated rings. The normalized spacial score (nSPS) is 38.2. The number of hydrogen-bond donors (Lipinski definition) is 1. The molecule has 0 radical (unpaired) electrons. The highest BCUT2D eigenvalue weighted by Gasteiger charge is 2.53. The Bertz CT molecular complexity index is 501. The Hall–Kier alpha value is -1.38. The van der Waals surface area contributed by atoms with Crippen molar-refractivity contribution < 1.29 is 0 Å². The van der Waals surface area contributed by atoms with Crippen molar-refractivity contribution in [3.05, 3.63) is 29.2 Å². The second-order valence-corrected chi connectivity index (χ2v) is 7.78. The summed E-state index contributed by atoms with van der Waals surface area (Å²) in [5.41, 5.74) is 2.13. The van der Waals surface area contributed by atoms with Crippen LogP contribution in [-0.4, -0.2) is 6.04 Å². The molecule has 3 nitrogen and oxygen atoms in total. The van der Waals surface area contributed by atoms with E-state index in [1.54, 1.807) is 12.1 Å². The van der Waals surface area contributed by atoms with Crippen molar-refractivity contribution in [2.45, 2.75) is 51.5 Å². The van der Waals surface area contributed by atoms with Gasteiger partial charge in [0, 0.05) is 11.7 Å². The molecule has 1 aromatic carbocycles. The lowest BCUT2D eigenvalue weighted by Gasteiger charge is -2.59. The summed E-state index contributed by atoms with van der Waals surface area (Å²) < 4.78 is 0. The average molecular weight is 284 g/mol. The van der Waals surface area contributed by atoms with Gasteiger partial charge in [-0.3, -0.25) is 0 Å². The minimum Gasteiger partial charge on any atom is -0.382 e. The lowest BCUT2D eigenvalue weighted by molar-refractivity contribution is -0.0602. The maximum Gasteiger partial charge on any atom is 0.108 e. The molecule has 1 aromatic rings. The predicted molar refractivity (Wildman–Crippen MR) is 85.6 cm³/mol. The van der Waals surface area contributed by atoms with Crippen LogP contribution < -0.4 is 5.32 Å². The lowest BCUT2D eigenvalue weighted by Crippen LogP contribution is -2.52. The van der Waals surface area contributed by atoms with Crippen molar-refractivity contribution in [2.75, 3.05) is 5.32 Å². The summed E-state index contributed by atoms with van der Waals surface area (Å²) in [6, 6.07) is 8.06. The molecule has 0 spiro atoms. The van der Waals surface area contributed by atoms with E-state index in [0.717, 1.165) is 23.4 Å². The Kier molecular flexibility index (Phi) is 3.05. The van der Waals surface area contributed by atoms with Crippen LogP contribution in [0.4, 0.5) is 11.4 Å². The van der Waals surface area contributed by atoms with Gasteiger partial charge in [-0.05, 0) is 98.1 Å². The Morgan fingerprint density at radius 2 is 1.57 bits per heavy atom. The molecule has 0 aromatic heterocycles. The molecule has 1 N–H and O–H groups in total. The maximum absolute atomic E-state index is 10.5. The van der Waals surface area contributed by atoms with E-state index in [2.05, 4.69) is 17.4 Å². The zero-order chi connectivity index (χ0) is 14.4. The highest BCUT2D eigenvalue weighted by Crippen LogP contribution is 2.61. The first kappa shape index (κ1) is 13.3. The van der Waals surface area contributed by atoms with Crippen LogP contribution in [0.15, 0.2) is 29.4 Å². The van der Waals surface area contributed by atoms with Crippen LogP contribution in [0.1, 0.15) is 45.4 Å². The third kappa shape index (κ3) is 2.27. The van der Waals surface area contributed by atoms with E-state index < -0.39 is 0 Å². The molecular formula is C18H24N2O. The van der Waals surface area contributed by atoms with E-state index in [1.165, 1.54) is 38.5 Å². The minimum absolute atomic E-state index is 0.503. The van der Waals surface area contributed by atoms with Gasteiger partial charge in [0.15, 0.2) is 0 Å². The van der Waals surface area contributed by atoms with E-state index in [9.17, 15) is 4.91 Å². The summed E-state index contributed by atoms with van der Waals surface area (Å²) in [4.78, 5) is 10.5. The van der Waals surface area contributed by atoms with Crippen LogP contribution in [0.2, 0.25) is 0 Å². The molecule has 0 saturated heterocycles. The Morgan fingerprint density at radius 3 is 2.05 bits per heavy atom. The first-order valence-electron chi connectivity index (χ1n) is 8.37. The van der Waals surface area contributed by atoms with Crippen LogP contribution in [0, 0.1) is 28.1 Å². The highest BCUT2D eigenvalue weighted by molar-refractivity contribution is 5.51. The van der Waals surface area contributed by atoms with Gasteiger partial charge in [0.25, 0.3) is 0 Å². The number of nitroso groups, excluding NO2 is 1. The molecule has 112 valence electrons. The van der Waals surface area contributed by atoms with E-state index in [1.807, 2.05) is 12.1 Å². The molecule has 1 atom stereocenters. The number of benzene rings is 1. The standard InChI is InChI=1S/C18H24N2O/c1-12(19-16-2-4-17(20-21)5-3-16)18-9-13-6-14(10-18)8-15(7-13)11-18/h2-5,12-15,19H,6-11H2,1H3. The van der Waals surface area contributed by atoms with Gasteiger partial charge in [-0.2, -0.15) is 0 Å². The zero-order valence-electron chi connectivity index (χ0n) is 12.7. The molecule has 5 rings (SSSR count). The molecule has 4 saturated carbocycles. The monoisotopic (exact) mass is 284 g/mol. The molecule has 4 aliphatic rings. The number of rotatable bonds is 4. The van der Waals surface area contributed by atoms with Gasteiger partial charge in [-0.15, -0.1) is 4.91 Å². The summed E-state index contributed by atoms with van der Waals surface area (Å²) in [6.07, 6.45) is 8.73. The molecular weight excluding hydrogens is 260 g/mol. The molecule has 0 aliphatic heterocycles. The first-order chi connectivity index (χ1) is 10.2. The Morgan fingerprint density at radius 1 is 1.05 bits per heavy atom.